The van der Waals surface area contributed by atoms with Crippen LogP contribution in [0.1, 0.15) is 12.6 Å². The monoisotopic (exact) mass is 132 g/mol. The molecule has 2 heteroatoms. The second-order valence-corrected chi connectivity index (χ2v) is 2.02. The molecule has 10 heavy (non-hydrogen) atoms. The standard InChI is InChI=1S/C8H8N2/c1-3-7-4-8(5-9)10-6(7)2/h3-4,10H,2H2,1H3. The number of hydrogen-bond donors (Lipinski definition) is 1. The molecule has 50 valence electrons. The maximum Gasteiger partial charge on any atom is 0.118 e. The van der Waals surface area contributed by atoms with Crippen molar-refractivity contribution in [1.82, 2.24) is 4.98 Å². The molecule has 1 aromatic rings. The van der Waals surface area contributed by atoms with Gasteiger partial charge < -0.3 is 4.98 Å². The third-order valence-corrected chi connectivity index (χ3v) is 1.37. The number of hydrogen-bond acceptors (Lipinski definition) is 1. The molecule has 1 rings (SSSR count). The van der Waals surface area contributed by atoms with Crippen molar-refractivity contribution in [2.45, 2.75) is 6.92 Å². The summed E-state index contributed by atoms with van der Waals surface area (Å²) in [4.78, 5) is 2.84. The minimum Gasteiger partial charge on any atom is -0.347 e. The summed E-state index contributed by atoms with van der Waals surface area (Å²) in [5, 5.41) is 10.2. The zero-order valence-electron chi connectivity index (χ0n) is 5.81. The Morgan fingerprint density at radius 2 is 2.50 bits per heavy atom. The van der Waals surface area contributed by atoms with E-state index in [0.717, 1.165) is 10.6 Å². The Labute approximate surface area is 59.1 Å². The Morgan fingerprint density at radius 3 is 2.80 bits per heavy atom. The van der Waals surface area contributed by atoms with E-state index in [9.17, 15) is 0 Å². The fraction of sp³-hybridized carbons (Fsp3) is 0.125. The summed E-state index contributed by atoms with van der Waals surface area (Å²) in [6.07, 6.45) is 1.92. The Balaban J connectivity index is 3.49. The van der Waals surface area contributed by atoms with Crippen LogP contribution in [0.4, 0.5) is 0 Å². The number of rotatable bonds is 0. The van der Waals surface area contributed by atoms with E-state index < -0.39 is 0 Å². The van der Waals surface area contributed by atoms with E-state index >= 15 is 0 Å². The van der Waals surface area contributed by atoms with Crippen molar-refractivity contribution in [1.29, 1.82) is 5.26 Å². The SMILES string of the molecule is C=c1[nH]c(C#N)cc1=CC. The van der Waals surface area contributed by atoms with Gasteiger partial charge in [-0.1, -0.05) is 12.7 Å². The van der Waals surface area contributed by atoms with Gasteiger partial charge in [-0.25, -0.2) is 0 Å². The Bertz CT molecular complexity index is 365. The maximum atomic E-state index is 8.45. The molecule has 0 aliphatic rings. The van der Waals surface area contributed by atoms with Gasteiger partial charge in [0.1, 0.15) is 11.8 Å². The molecule has 0 aliphatic heterocycles. The van der Waals surface area contributed by atoms with Crippen molar-refractivity contribution in [3.05, 3.63) is 22.3 Å². The molecule has 0 unspecified atom stereocenters. The fourth-order valence-corrected chi connectivity index (χ4v) is 0.831. The highest BCUT2D eigenvalue weighted by atomic mass is 14.7. The number of nitriles is 1. The zero-order valence-corrected chi connectivity index (χ0v) is 5.81. The van der Waals surface area contributed by atoms with E-state index in [0.29, 0.717) is 5.69 Å². The molecule has 1 N–H and O–H groups in total. The lowest BCUT2D eigenvalue weighted by molar-refractivity contribution is 1.28. The molecular weight excluding hydrogens is 124 g/mol. The van der Waals surface area contributed by atoms with Gasteiger partial charge >= 0.3 is 0 Å². The van der Waals surface area contributed by atoms with Crippen molar-refractivity contribution < 1.29 is 0 Å². The van der Waals surface area contributed by atoms with Crippen LogP contribution in [0, 0.1) is 11.3 Å². The molecule has 0 radical (unpaired) electrons. The van der Waals surface area contributed by atoms with Gasteiger partial charge in [-0.3, -0.25) is 0 Å². The first-order valence-electron chi connectivity index (χ1n) is 3.02. The Hall–Kier alpha value is -1.49. The largest absolute Gasteiger partial charge is 0.347 e. The molecule has 0 amide bonds. The Morgan fingerprint density at radius 1 is 1.80 bits per heavy atom. The van der Waals surface area contributed by atoms with E-state index in [1.54, 1.807) is 6.07 Å². The predicted molar refractivity (Wildman–Crippen MR) is 40.4 cm³/mol. The van der Waals surface area contributed by atoms with Crippen LogP contribution in [0.5, 0.6) is 0 Å². The average Bonchev–Trinajstić information content (AvgIpc) is 2.30. The van der Waals surface area contributed by atoms with Crippen LogP contribution >= 0.6 is 0 Å². The zero-order chi connectivity index (χ0) is 7.56. The molecule has 0 atom stereocenters. The van der Waals surface area contributed by atoms with Crippen LogP contribution in [-0.4, -0.2) is 4.98 Å². The molecule has 0 spiro atoms. The first-order valence-corrected chi connectivity index (χ1v) is 3.02. The average molecular weight is 132 g/mol. The lowest BCUT2D eigenvalue weighted by atomic mass is 10.4. The van der Waals surface area contributed by atoms with Gasteiger partial charge in [0.25, 0.3) is 0 Å². The lowest BCUT2D eigenvalue weighted by Gasteiger charge is -1.69. The van der Waals surface area contributed by atoms with Crippen molar-refractivity contribution >= 4 is 12.7 Å². The first kappa shape index (κ1) is 6.63. The molecule has 1 aromatic heterocycles. The summed E-state index contributed by atoms with van der Waals surface area (Å²) in [7, 11) is 0. The van der Waals surface area contributed by atoms with Crippen molar-refractivity contribution in [3.63, 3.8) is 0 Å². The predicted octanol–water partition coefficient (Wildman–Crippen LogP) is 0.0971. The lowest BCUT2D eigenvalue weighted by Crippen LogP contribution is -2.18. The van der Waals surface area contributed by atoms with E-state index in [2.05, 4.69) is 11.6 Å². The molecule has 0 fully saturated rings. The van der Waals surface area contributed by atoms with Crippen LogP contribution in [0.25, 0.3) is 12.7 Å². The summed E-state index contributed by atoms with van der Waals surface area (Å²) >= 11 is 0. The minimum atomic E-state index is 0.568. The van der Waals surface area contributed by atoms with Gasteiger partial charge in [-0.2, -0.15) is 5.26 Å². The van der Waals surface area contributed by atoms with Crippen LogP contribution < -0.4 is 10.6 Å². The normalized spacial score (nSPS) is 11.4. The molecule has 0 saturated carbocycles. The molecule has 2 nitrogen and oxygen atoms in total. The van der Waals surface area contributed by atoms with Gasteiger partial charge in [0, 0.05) is 5.35 Å². The van der Waals surface area contributed by atoms with Crippen LogP contribution in [0.2, 0.25) is 0 Å². The van der Waals surface area contributed by atoms with E-state index in [1.807, 2.05) is 19.1 Å². The number of nitrogens with one attached hydrogen (secondary N) is 1. The summed E-state index contributed by atoms with van der Waals surface area (Å²) < 4.78 is 0. The highest BCUT2D eigenvalue weighted by molar-refractivity contribution is 5.29. The fourth-order valence-electron chi connectivity index (χ4n) is 0.831. The van der Waals surface area contributed by atoms with Gasteiger partial charge in [0.05, 0.1) is 0 Å². The van der Waals surface area contributed by atoms with Gasteiger partial charge in [-0.15, -0.1) is 0 Å². The Kier molecular flexibility index (Phi) is 1.59. The second-order valence-electron chi connectivity index (χ2n) is 2.02. The topological polar surface area (TPSA) is 39.6 Å². The number of H-pyrrole nitrogens is 1. The third-order valence-electron chi connectivity index (χ3n) is 1.37. The summed E-state index contributed by atoms with van der Waals surface area (Å²) in [6, 6.07) is 3.79. The molecular formula is C8H8N2. The highest BCUT2D eigenvalue weighted by Crippen LogP contribution is 1.78. The molecule has 1 heterocycles. The van der Waals surface area contributed by atoms with E-state index in [-0.39, 0.29) is 0 Å². The summed E-state index contributed by atoms with van der Waals surface area (Å²) in [6.45, 7) is 5.64. The van der Waals surface area contributed by atoms with Crippen molar-refractivity contribution in [2.24, 2.45) is 0 Å². The van der Waals surface area contributed by atoms with E-state index in [1.165, 1.54) is 0 Å². The molecule has 0 bridgehead atoms. The molecule has 0 aliphatic carbocycles. The molecule has 0 saturated heterocycles. The van der Waals surface area contributed by atoms with Gasteiger partial charge in [0.2, 0.25) is 0 Å². The third kappa shape index (κ3) is 0.939. The van der Waals surface area contributed by atoms with Gasteiger partial charge in [0.15, 0.2) is 0 Å². The van der Waals surface area contributed by atoms with Crippen molar-refractivity contribution in [3.8, 4) is 6.07 Å². The smallest absolute Gasteiger partial charge is 0.118 e. The quantitative estimate of drug-likeness (QED) is 0.534. The van der Waals surface area contributed by atoms with Gasteiger partial charge in [-0.05, 0) is 18.2 Å². The summed E-state index contributed by atoms with van der Waals surface area (Å²) in [5.74, 6) is 0. The summed E-state index contributed by atoms with van der Waals surface area (Å²) in [5.41, 5.74) is 0.568. The molecule has 0 aromatic carbocycles. The van der Waals surface area contributed by atoms with Crippen LogP contribution in [-0.2, 0) is 0 Å². The maximum absolute atomic E-state index is 8.45. The number of nitrogens with zero attached hydrogens (tertiary/aromatic N) is 1. The first-order chi connectivity index (χ1) is 4.77. The highest BCUT2D eigenvalue weighted by Gasteiger charge is 1.89. The van der Waals surface area contributed by atoms with Crippen molar-refractivity contribution in [2.75, 3.05) is 0 Å². The minimum absolute atomic E-state index is 0.568. The van der Waals surface area contributed by atoms with E-state index in [4.69, 9.17) is 5.26 Å². The second kappa shape index (κ2) is 2.40. The van der Waals surface area contributed by atoms with Crippen LogP contribution in [0.3, 0.4) is 0 Å². The number of aromatic nitrogens is 1. The number of aromatic amines is 1. The van der Waals surface area contributed by atoms with Crippen LogP contribution in [0.15, 0.2) is 6.07 Å².